The zero-order valence-corrected chi connectivity index (χ0v) is 10.6. The van der Waals surface area contributed by atoms with Crippen LogP contribution >= 0.6 is 0 Å². The number of nitrogens with zero attached hydrogens (tertiary/aromatic N) is 3. The molecule has 0 amide bonds. The van der Waals surface area contributed by atoms with E-state index in [9.17, 15) is 13.2 Å². The summed E-state index contributed by atoms with van der Waals surface area (Å²) in [4.78, 5) is 14.3. The molecule has 0 atom stereocenters. The predicted molar refractivity (Wildman–Crippen MR) is 64.7 cm³/mol. The number of hydrogen-bond acceptors (Lipinski definition) is 5. The Morgan fingerprint density at radius 3 is 2.89 bits per heavy atom. The lowest BCUT2D eigenvalue weighted by atomic mass is 10.4. The predicted octanol–water partition coefficient (Wildman–Crippen LogP) is -0.344. The molecule has 0 aromatic carbocycles. The minimum Gasteiger partial charge on any atom is -0.482 e. The molecule has 98 valence electrons. The molecule has 7 nitrogen and oxygen atoms in total. The van der Waals surface area contributed by atoms with Crippen molar-refractivity contribution in [2.75, 3.05) is 31.0 Å². The number of pyridine rings is 1. The first-order chi connectivity index (χ1) is 8.57. The molecular weight excluding hydrogens is 258 g/mol. The number of rotatable bonds is 4. The largest absolute Gasteiger partial charge is 0.482 e. The summed E-state index contributed by atoms with van der Waals surface area (Å²) in [6.07, 6.45) is 2.08. The summed E-state index contributed by atoms with van der Waals surface area (Å²) < 4.78 is 31.6. The zero-order valence-electron chi connectivity index (χ0n) is 9.81. The lowest BCUT2D eigenvalue weighted by molar-refractivity contribution is -0.109. The molecule has 18 heavy (non-hydrogen) atoms. The van der Waals surface area contributed by atoms with Gasteiger partial charge in [-0.25, -0.2) is 9.29 Å². The number of aldehydes is 1. The first kappa shape index (κ1) is 12.8. The summed E-state index contributed by atoms with van der Waals surface area (Å²) >= 11 is 0. The van der Waals surface area contributed by atoms with E-state index in [4.69, 9.17) is 4.74 Å². The lowest BCUT2D eigenvalue weighted by Gasteiger charge is -2.19. The fraction of sp³-hybridized carbons (Fsp3) is 0.400. The van der Waals surface area contributed by atoms with Crippen LogP contribution in [0.25, 0.3) is 0 Å². The van der Waals surface area contributed by atoms with Crippen molar-refractivity contribution >= 4 is 22.3 Å². The second-order valence-electron chi connectivity index (χ2n) is 3.70. The van der Waals surface area contributed by atoms with Gasteiger partial charge in [0.2, 0.25) is 0 Å². The van der Waals surface area contributed by atoms with E-state index in [2.05, 4.69) is 4.98 Å². The van der Waals surface area contributed by atoms with Crippen molar-refractivity contribution in [3.05, 3.63) is 18.3 Å². The summed E-state index contributed by atoms with van der Waals surface area (Å²) in [5, 5.41) is 0. The topological polar surface area (TPSA) is 79.8 Å². The minimum absolute atomic E-state index is 0.136. The Hall–Kier alpha value is -1.67. The van der Waals surface area contributed by atoms with Crippen molar-refractivity contribution in [3.8, 4) is 5.75 Å². The van der Waals surface area contributed by atoms with Crippen LogP contribution < -0.4 is 9.04 Å². The molecule has 0 radical (unpaired) electrons. The van der Waals surface area contributed by atoms with Crippen LogP contribution in [0.5, 0.6) is 5.75 Å². The van der Waals surface area contributed by atoms with E-state index in [1.165, 1.54) is 21.9 Å². The van der Waals surface area contributed by atoms with Gasteiger partial charge in [0.1, 0.15) is 6.61 Å². The van der Waals surface area contributed by atoms with E-state index in [1.807, 2.05) is 0 Å². The third-order valence-electron chi connectivity index (χ3n) is 2.58. The monoisotopic (exact) mass is 271 g/mol. The van der Waals surface area contributed by atoms with Gasteiger partial charge in [0.25, 0.3) is 0 Å². The Bertz CT molecular complexity index is 546. The molecule has 1 aromatic rings. The van der Waals surface area contributed by atoms with Crippen LogP contribution in [-0.2, 0) is 15.0 Å². The van der Waals surface area contributed by atoms with Crippen LogP contribution in [0.4, 0.5) is 5.82 Å². The van der Waals surface area contributed by atoms with Crippen LogP contribution in [0.2, 0.25) is 0 Å². The molecule has 1 aromatic heterocycles. The van der Waals surface area contributed by atoms with Crippen LogP contribution in [0.15, 0.2) is 18.3 Å². The molecule has 2 rings (SSSR count). The van der Waals surface area contributed by atoms with Gasteiger partial charge in [0.15, 0.2) is 17.9 Å². The molecule has 1 fully saturated rings. The average Bonchev–Trinajstić information content (AvgIpc) is 2.62. The maximum absolute atomic E-state index is 12.0. The van der Waals surface area contributed by atoms with Crippen LogP contribution in [-0.4, -0.2) is 50.7 Å². The van der Waals surface area contributed by atoms with Gasteiger partial charge in [-0.2, -0.15) is 12.7 Å². The molecule has 1 aliphatic rings. The van der Waals surface area contributed by atoms with E-state index in [-0.39, 0.29) is 18.2 Å². The fourth-order valence-corrected chi connectivity index (χ4v) is 2.97. The summed E-state index contributed by atoms with van der Waals surface area (Å²) in [7, 11) is -2.03. The molecule has 1 saturated heterocycles. The average molecular weight is 271 g/mol. The van der Waals surface area contributed by atoms with Gasteiger partial charge < -0.3 is 4.74 Å². The van der Waals surface area contributed by atoms with E-state index >= 15 is 0 Å². The molecule has 8 heteroatoms. The summed E-state index contributed by atoms with van der Waals surface area (Å²) in [6, 6.07) is 3.20. The van der Waals surface area contributed by atoms with Crippen LogP contribution in [0.3, 0.4) is 0 Å². The molecule has 0 unspecified atom stereocenters. The second-order valence-corrected chi connectivity index (χ2v) is 5.66. The molecule has 2 heterocycles. The third-order valence-corrected chi connectivity index (χ3v) is 4.47. The molecular formula is C10H13N3O4S. The first-order valence-electron chi connectivity index (χ1n) is 5.33. The highest BCUT2D eigenvalue weighted by Gasteiger charge is 2.36. The van der Waals surface area contributed by atoms with E-state index in [0.29, 0.717) is 19.4 Å². The Kier molecular flexibility index (Phi) is 3.48. The molecule has 0 aliphatic carbocycles. The lowest BCUT2D eigenvalue weighted by Crippen LogP contribution is -2.31. The Morgan fingerprint density at radius 1 is 1.50 bits per heavy atom. The number of likely N-dealkylation sites (N-methyl/N-ethyl adjacent to an activating group) is 1. The van der Waals surface area contributed by atoms with Crippen molar-refractivity contribution in [3.63, 3.8) is 0 Å². The Labute approximate surface area is 105 Å². The van der Waals surface area contributed by atoms with Crippen LogP contribution in [0.1, 0.15) is 0 Å². The summed E-state index contributed by atoms with van der Waals surface area (Å²) in [5.41, 5.74) is 0. The van der Waals surface area contributed by atoms with Gasteiger partial charge >= 0.3 is 10.2 Å². The maximum Gasteiger partial charge on any atom is 0.305 e. The number of aromatic nitrogens is 1. The van der Waals surface area contributed by atoms with Crippen molar-refractivity contribution in [1.82, 2.24) is 9.29 Å². The number of ether oxygens (including phenoxy) is 1. The van der Waals surface area contributed by atoms with Gasteiger partial charge in [-0.3, -0.25) is 4.79 Å². The highest BCUT2D eigenvalue weighted by Crippen LogP contribution is 2.30. The van der Waals surface area contributed by atoms with Crippen molar-refractivity contribution < 1.29 is 17.9 Å². The number of carbonyl (C=O) groups excluding carboxylic acids is 1. The second kappa shape index (κ2) is 4.91. The van der Waals surface area contributed by atoms with Gasteiger partial charge in [-0.05, 0) is 12.1 Å². The highest BCUT2D eigenvalue weighted by molar-refractivity contribution is 7.90. The third kappa shape index (κ3) is 2.16. The molecule has 0 spiro atoms. The molecule has 0 saturated carbocycles. The van der Waals surface area contributed by atoms with Gasteiger partial charge in [0.05, 0.1) is 6.54 Å². The van der Waals surface area contributed by atoms with Crippen molar-refractivity contribution in [2.45, 2.75) is 0 Å². The van der Waals surface area contributed by atoms with Gasteiger partial charge in [0, 0.05) is 19.8 Å². The van der Waals surface area contributed by atoms with Gasteiger partial charge in [-0.15, -0.1) is 0 Å². The first-order valence-corrected chi connectivity index (χ1v) is 6.72. The highest BCUT2D eigenvalue weighted by atomic mass is 32.2. The standard InChI is InChI=1S/C10H13N3O4S/c1-12-5-6-13(18(12,15)16)10-9(17-8-7-14)3-2-4-11-10/h2-4,7H,5-6,8H2,1H3. The molecule has 0 N–H and O–H groups in total. The Balaban J connectivity index is 2.36. The van der Waals surface area contributed by atoms with Gasteiger partial charge in [-0.1, -0.05) is 0 Å². The van der Waals surface area contributed by atoms with Crippen LogP contribution in [0, 0.1) is 0 Å². The SMILES string of the molecule is CN1CCN(c2ncccc2OCC=O)S1(=O)=O. The quantitative estimate of drug-likeness (QED) is 0.700. The number of carbonyl (C=O) groups is 1. The number of hydrogen-bond donors (Lipinski definition) is 0. The smallest absolute Gasteiger partial charge is 0.305 e. The molecule has 0 bridgehead atoms. The summed E-state index contributed by atoms with van der Waals surface area (Å²) in [5.74, 6) is 0.493. The zero-order chi connectivity index (χ0) is 13.2. The Morgan fingerprint density at radius 2 is 2.28 bits per heavy atom. The minimum atomic E-state index is -3.53. The van der Waals surface area contributed by atoms with Crippen molar-refractivity contribution in [2.24, 2.45) is 0 Å². The van der Waals surface area contributed by atoms with E-state index in [1.54, 1.807) is 12.1 Å². The van der Waals surface area contributed by atoms with E-state index < -0.39 is 10.2 Å². The summed E-state index contributed by atoms with van der Waals surface area (Å²) in [6.45, 7) is 0.571. The maximum atomic E-state index is 12.0. The van der Waals surface area contributed by atoms with Crippen molar-refractivity contribution in [1.29, 1.82) is 0 Å². The number of anilines is 1. The fourth-order valence-electron chi connectivity index (χ4n) is 1.65. The normalized spacial score (nSPS) is 18.8. The van der Waals surface area contributed by atoms with E-state index in [0.717, 1.165) is 0 Å². The molecule has 1 aliphatic heterocycles.